The third kappa shape index (κ3) is 5.88. The van der Waals surface area contributed by atoms with E-state index < -0.39 is 5.97 Å². The highest BCUT2D eigenvalue weighted by molar-refractivity contribution is 5.85. The van der Waals surface area contributed by atoms with Crippen molar-refractivity contribution in [2.24, 2.45) is 5.73 Å². The quantitative estimate of drug-likeness (QED) is 0.398. The number of hydrogen-bond donors (Lipinski definition) is 1. The number of esters is 1. The summed E-state index contributed by atoms with van der Waals surface area (Å²) >= 11 is 0. The highest BCUT2D eigenvalue weighted by atomic mass is 35.5. The number of benzene rings is 2. The van der Waals surface area contributed by atoms with Gasteiger partial charge in [-0.1, -0.05) is 12.1 Å². The molecule has 2 aromatic carbocycles. The van der Waals surface area contributed by atoms with Gasteiger partial charge in [0.05, 0.1) is 33.4 Å². The highest BCUT2D eigenvalue weighted by Gasteiger charge is 2.15. The van der Waals surface area contributed by atoms with Crippen LogP contribution in [0.25, 0.3) is 5.57 Å². The third-order valence-corrected chi connectivity index (χ3v) is 3.85. The Labute approximate surface area is 176 Å². The molecule has 0 saturated heterocycles. The van der Waals surface area contributed by atoms with Crippen molar-refractivity contribution < 1.29 is 23.7 Å². The van der Waals surface area contributed by atoms with E-state index in [1.807, 2.05) is 13.0 Å². The number of rotatable bonds is 8. The van der Waals surface area contributed by atoms with E-state index in [2.05, 4.69) is 6.07 Å². The SMILES string of the molecule is CCOc1cc(/C(=C/C#N)c2ccc(OC)c(OC(=O)CN)c2)ccc1OC.Cl. The minimum absolute atomic E-state index is 0. The molecule has 7 nitrogen and oxygen atoms in total. The van der Waals surface area contributed by atoms with Gasteiger partial charge in [-0.15, -0.1) is 12.4 Å². The third-order valence-electron chi connectivity index (χ3n) is 3.85. The number of halogens is 1. The maximum Gasteiger partial charge on any atom is 0.325 e. The Morgan fingerprint density at radius 1 is 1.03 bits per heavy atom. The second kappa shape index (κ2) is 11.6. The second-order valence-corrected chi connectivity index (χ2v) is 5.53. The molecule has 8 heteroatoms. The van der Waals surface area contributed by atoms with Gasteiger partial charge in [-0.25, -0.2) is 0 Å². The Hall–Kier alpha value is -3.21. The molecule has 0 fully saturated rings. The van der Waals surface area contributed by atoms with E-state index in [0.29, 0.717) is 35.0 Å². The standard InChI is InChI=1S/C21H22N2O5.ClH/c1-4-27-19-11-14(5-7-17(19)25-2)16(9-10-22)15-6-8-18(26-3)20(12-15)28-21(24)13-23;/h5-9,11-12H,4,13,23H2,1-3H3;1H/b16-9-;. The first-order valence-electron chi connectivity index (χ1n) is 8.58. The van der Waals surface area contributed by atoms with Gasteiger partial charge in [-0.05, 0) is 47.9 Å². The molecule has 2 N–H and O–H groups in total. The van der Waals surface area contributed by atoms with Gasteiger partial charge >= 0.3 is 5.97 Å². The fourth-order valence-corrected chi connectivity index (χ4v) is 2.60. The number of nitrogens with two attached hydrogens (primary N) is 1. The first-order valence-corrected chi connectivity index (χ1v) is 8.58. The molecule has 2 aromatic rings. The summed E-state index contributed by atoms with van der Waals surface area (Å²) in [4.78, 5) is 11.6. The molecule has 154 valence electrons. The zero-order valence-electron chi connectivity index (χ0n) is 16.4. The lowest BCUT2D eigenvalue weighted by molar-refractivity contribution is -0.132. The number of hydrogen-bond acceptors (Lipinski definition) is 7. The molecule has 29 heavy (non-hydrogen) atoms. The number of ether oxygens (including phenoxy) is 4. The first kappa shape index (κ1) is 23.8. The Morgan fingerprint density at radius 2 is 1.59 bits per heavy atom. The number of methoxy groups -OCH3 is 2. The van der Waals surface area contributed by atoms with Gasteiger partial charge in [0.1, 0.15) is 0 Å². The van der Waals surface area contributed by atoms with Crippen molar-refractivity contribution in [1.82, 2.24) is 0 Å². The predicted octanol–water partition coefficient (Wildman–Crippen LogP) is 3.34. The molecule has 0 bridgehead atoms. The normalized spacial score (nSPS) is 10.4. The van der Waals surface area contributed by atoms with E-state index in [-0.39, 0.29) is 24.7 Å². The van der Waals surface area contributed by atoms with E-state index in [0.717, 1.165) is 5.56 Å². The van der Waals surface area contributed by atoms with Gasteiger partial charge in [-0.3, -0.25) is 4.79 Å². The monoisotopic (exact) mass is 418 g/mol. The molecule has 2 rings (SSSR count). The number of carbonyl (C=O) groups excluding carboxylic acids is 1. The summed E-state index contributed by atoms with van der Waals surface area (Å²) in [6, 6.07) is 12.5. The van der Waals surface area contributed by atoms with Gasteiger partial charge in [0.25, 0.3) is 0 Å². The van der Waals surface area contributed by atoms with Gasteiger partial charge in [0.15, 0.2) is 23.0 Å². The van der Waals surface area contributed by atoms with Gasteiger partial charge < -0.3 is 24.7 Å². The van der Waals surface area contributed by atoms with Crippen LogP contribution in [0.4, 0.5) is 0 Å². The van der Waals surface area contributed by atoms with E-state index >= 15 is 0 Å². The molecule has 0 spiro atoms. The molecular weight excluding hydrogens is 396 g/mol. The maximum absolute atomic E-state index is 11.6. The number of nitrogens with zero attached hydrogens (tertiary/aromatic N) is 1. The van der Waals surface area contributed by atoms with Crippen molar-refractivity contribution >= 4 is 23.9 Å². The van der Waals surface area contributed by atoms with Crippen molar-refractivity contribution in [3.63, 3.8) is 0 Å². The van der Waals surface area contributed by atoms with Crippen LogP contribution in [0, 0.1) is 11.3 Å². The molecule has 0 aromatic heterocycles. The van der Waals surface area contributed by atoms with Crippen LogP contribution in [0.2, 0.25) is 0 Å². The summed E-state index contributed by atoms with van der Waals surface area (Å²) in [5, 5.41) is 9.28. The summed E-state index contributed by atoms with van der Waals surface area (Å²) < 4.78 is 21.4. The summed E-state index contributed by atoms with van der Waals surface area (Å²) in [6.45, 7) is 2.09. The molecule has 0 amide bonds. The molecule has 0 saturated carbocycles. The highest BCUT2D eigenvalue weighted by Crippen LogP contribution is 2.36. The largest absolute Gasteiger partial charge is 0.493 e. The maximum atomic E-state index is 11.6. The lowest BCUT2D eigenvalue weighted by atomic mass is 9.97. The van der Waals surface area contributed by atoms with Crippen LogP contribution in [0.15, 0.2) is 42.5 Å². The average molecular weight is 419 g/mol. The summed E-state index contributed by atoms with van der Waals surface area (Å²) in [5.41, 5.74) is 7.35. The van der Waals surface area contributed by atoms with E-state index in [9.17, 15) is 10.1 Å². The van der Waals surface area contributed by atoms with Crippen molar-refractivity contribution in [3.8, 4) is 29.1 Å². The van der Waals surface area contributed by atoms with E-state index in [1.165, 1.54) is 13.2 Å². The van der Waals surface area contributed by atoms with Crippen LogP contribution < -0.4 is 24.7 Å². The van der Waals surface area contributed by atoms with E-state index in [4.69, 9.17) is 24.7 Å². The Morgan fingerprint density at radius 3 is 2.07 bits per heavy atom. The van der Waals surface area contributed by atoms with Crippen LogP contribution in [0.3, 0.4) is 0 Å². The van der Waals surface area contributed by atoms with E-state index in [1.54, 1.807) is 37.4 Å². The van der Waals surface area contributed by atoms with Gasteiger partial charge in [0, 0.05) is 6.08 Å². The van der Waals surface area contributed by atoms with Crippen molar-refractivity contribution in [2.45, 2.75) is 6.92 Å². The second-order valence-electron chi connectivity index (χ2n) is 5.53. The Kier molecular flexibility index (Phi) is 9.52. The number of allylic oxidation sites excluding steroid dienone is 1. The van der Waals surface area contributed by atoms with Gasteiger partial charge in [-0.2, -0.15) is 5.26 Å². The lowest BCUT2D eigenvalue weighted by Crippen LogP contribution is -2.19. The predicted molar refractivity (Wildman–Crippen MR) is 112 cm³/mol. The summed E-state index contributed by atoms with van der Waals surface area (Å²) in [7, 11) is 3.03. The van der Waals surface area contributed by atoms with Crippen LogP contribution in [0.1, 0.15) is 18.1 Å². The molecular formula is C21H23ClN2O5. The lowest BCUT2D eigenvalue weighted by Gasteiger charge is -2.15. The molecule has 0 aliphatic carbocycles. The average Bonchev–Trinajstić information content (AvgIpc) is 2.72. The zero-order valence-corrected chi connectivity index (χ0v) is 17.2. The fourth-order valence-electron chi connectivity index (χ4n) is 2.60. The van der Waals surface area contributed by atoms with Gasteiger partial charge in [0.2, 0.25) is 0 Å². The molecule has 0 aliphatic rings. The van der Waals surface area contributed by atoms with Crippen molar-refractivity contribution in [3.05, 3.63) is 53.6 Å². The van der Waals surface area contributed by atoms with Crippen LogP contribution in [0.5, 0.6) is 23.0 Å². The number of carbonyl (C=O) groups is 1. The zero-order chi connectivity index (χ0) is 20.5. The van der Waals surface area contributed by atoms with Crippen molar-refractivity contribution in [2.75, 3.05) is 27.4 Å². The summed E-state index contributed by atoms with van der Waals surface area (Å²) in [5.74, 6) is 1.16. The molecule has 0 heterocycles. The molecule has 0 unspecified atom stereocenters. The Balaban J connectivity index is 0.00000420. The smallest absolute Gasteiger partial charge is 0.325 e. The first-order chi connectivity index (χ1) is 13.6. The molecule has 0 aliphatic heterocycles. The minimum atomic E-state index is -0.593. The van der Waals surface area contributed by atoms with Crippen LogP contribution in [-0.4, -0.2) is 33.3 Å². The topological polar surface area (TPSA) is 104 Å². The molecule has 0 atom stereocenters. The van der Waals surface area contributed by atoms with Crippen LogP contribution in [-0.2, 0) is 4.79 Å². The molecule has 0 radical (unpaired) electrons. The number of nitriles is 1. The minimum Gasteiger partial charge on any atom is -0.493 e. The summed E-state index contributed by atoms with van der Waals surface area (Å²) in [6.07, 6.45) is 1.41. The van der Waals surface area contributed by atoms with Crippen molar-refractivity contribution in [1.29, 1.82) is 5.26 Å². The fraction of sp³-hybridized carbons (Fsp3) is 0.238. The Bertz CT molecular complexity index is 922. The van der Waals surface area contributed by atoms with Crippen LogP contribution >= 0.6 is 12.4 Å².